The van der Waals surface area contributed by atoms with Gasteiger partial charge >= 0.3 is 6.09 Å². The van der Waals surface area contributed by atoms with Crippen molar-refractivity contribution in [2.24, 2.45) is 0 Å². The van der Waals surface area contributed by atoms with E-state index in [1.54, 1.807) is 46.9 Å². The number of para-hydroxylation sites is 1. The number of hydrogen-bond donors (Lipinski definition) is 1. The standard InChI is InChI=1S/C17H25N3O5/c1-12-8-6-9-13(14(12)20(23)24)15(21)18-10-7-11-19(5)16(22)25-17(2,3)4/h6,8-9H,7,10-11H2,1-5H3,(H,18,21). The number of amides is 2. The first-order valence-electron chi connectivity index (χ1n) is 7.99. The van der Waals surface area contributed by atoms with Gasteiger partial charge < -0.3 is 15.0 Å². The fraction of sp³-hybridized carbons (Fsp3) is 0.529. The maximum atomic E-state index is 12.2. The number of rotatable bonds is 6. The maximum absolute atomic E-state index is 12.2. The molecule has 0 aliphatic carbocycles. The molecule has 0 saturated heterocycles. The van der Waals surface area contributed by atoms with E-state index in [1.807, 2.05) is 0 Å². The lowest BCUT2D eigenvalue weighted by atomic mass is 10.1. The molecule has 0 heterocycles. The van der Waals surface area contributed by atoms with Crippen LogP contribution in [0.1, 0.15) is 43.1 Å². The topological polar surface area (TPSA) is 102 Å². The van der Waals surface area contributed by atoms with Crippen LogP contribution < -0.4 is 5.32 Å². The average molecular weight is 351 g/mol. The van der Waals surface area contributed by atoms with Crippen LogP contribution in [0.3, 0.4) is 0 Å². The van der Waals surface area contributed by atoms with Gasteiger partial charge in [-0.3, -0.25) is 14.9 Å². The Balaban J connectivity index is 2.53. The van der Waals surface area contributed by atoms with Crippen molar-refractivity contribution in [1.82, 2.24) is 10.2 Å². The number of ether oxygens (including phenoxy) is 1. The lowest BCUT2D eigenvalue weighted by Gasteiger charge is -2.24. The number of carbonyl (C=O) groups is 2. The number of nitrogens with one attached hydrogen (secondary N) is 1. The van der Waals surface area contributed by atoms with Gasteiger partial charge in [-0.15, -0.1) is 0 Å². The van der Waals surface area contributed by atoms with Crippen LogP contribution in [0.2, 0.25) is 0 Å². The Bertz CT molecular complexity index is 652. The van der Waals surface area contributed by atoms with E-state index in [9.17, 15) is 19.7 Å². The molecule has 0 spiro atoms. The smallest absolute Gasteiger partial charge is 0.410 e. The minimum atomic E-state index is -0.566. The first-order chi connectivity index (χ1) is 11.5. The molecule has 25 heavy (non-hydrogen) atoms. The van der Waals surface area contributed by atoms with E-state index in [-0.39, 0.29) is 17.8 Å². The van der Waals surface area contributed by atoms with Crippen molar-refractivity contribution in [3.05, 3.63) is 39.4 Å². The van der Waals surface area contributed by atoms with Crippen LogP contribution in [0.25, 0.3) is 0 Å². The van der Waals surface area contributed by atoms with Crippen molar-refractivity contribution in [3.63, 3.8) is 0 Å². The minimum absolute atomic E-state index is 0.0329. The van der Waals surface area contributed by atoms with Crippen molar-refractivity contribution >= 4 is 17.7 Å². The van der Waals surface area contributed by atoms with Gasteiger partial charge in [0.15, 0.2) is 0 Å². The molecular formula is C17H25N3O5. The summed E-state index contributed by atoms with van der Waals surface area (Å²) in [6, 6.07) is 4.62. The van der Waals surface area contributed by atoms with E-state index in [0.717, 1.165) is 0 Å². The van der Waals surface area contributed by atoms with Crippen LogP contribution in [0.4, 0.5) is 10.5 Å². The van der Waals surface area contributed by atoms with E-state index in [2.05, 4.69) is 5.32 Å². The lowest BCUT2D eigenvalue weighted by Crippen LogP contribution is -2.36. The molecule has 1 aromatic rings. The minimum Gasteiger partial charge on any atom is -0.444 e. The Morgan fingerprint density at radius 3 is 2.52 bits per heavy atom. The molecule has 8 heteroatoms. The summed E-state index contributed by atoms with van der Waals surface area (Å²) in [5.41, 5.74) is -0.289. The van der Waals surface area contributed by atoms with Crippen molar-refractivity contribution in [3.8, 4) is 0 Å². The molecule has 0 aliphatic heterocycles. The van der Waals surface area contributed by atoms with E-state index in [0.29, 0.717) is 18.5 Å². The summed E-state index contributed by atoms with van der Waals surface area (Å²) in [7, 11) is 1.61. The molecule has 2 amide bonds. The molecule has 0 aromatic heterocycles. The Kier molecular flexibility index (Phi) is 6.90. The number of nitro benzene ring substituents is 1. The third-order valence-electron chi connectivity index (χ3n) is 3.33. The highest BCUT2D eigenvalue weighted by molar-refractivity contribution is 5.98. The zero-order chi connectivity index (χ0) is 19.2. The molecule has 0 saturated carbocycles. The molecular weight excluding hydrogens is 326 g/mol. The summed E-state index contributed by atoms with van der Waals surface area (Å²) in [5, 5.41) is 13.8. The second-order valence-electron chi connectivity index (χ2n) is 6.74. The Hall–Kier alpha value is -2.64. The molecule has 0 atom stereocenters. The van der Waals surface area contributed by atoms with E-state index in [4.69, 9.17) is 4.74 Å². The number of nitro groups is 1. The molecule has 0 bridgehead atoms. The Morgan fingerprint density at radius 1 is 1.32 bits per heavy atom. The number of hydrogen-bond acceptors (Lipinski definition) is 5. The van der Waals surface area contributed by atoms with Crippen molar-refractivity contribution in [2.45, 2.75) is 39.7 Å². The SMILES string of the molecule is Cc1cccc(C(=O)NCCCN(C)C(=O)OC(C)(C)C)c1[N+](=O)[O-]. The fourth-order valence-corrected chi connectivity index (χ4v) is 2.13. The quantitative estimate of drug-likeness (QED) is 0.482. The molecule has 0 unspecified atom stereocenters. The van der Waals surface area contributed by atoms with Gasteiger partial charge in [-0.2, -0.15) is 0 Å². The second kappa shape index (κ2) is 8.46. The first kappa shape index (κ1) is 20.4. The van der Waals surface area contributed by atoms with Crippen LogP contribution in [0, 0.1) is 17.0 Å². The van der Waals surface area contributed by atoms with Crippen LogP contribution >= 0.6 is 0 Å². The zero-order valence-corrected chi connectivity index (χ0v) is 15.3. The van der Waals surface area contributed by atoms with Crippen LogP contribution in [0.5, 0.6) is 0 Å². The van der Waals surface area contributed by atoms with Gasteiger partial charge in [0.2, 0.25) is 0 Å². The highest BCUT2D eigenvalue weighted by atomic mass is 16.6. The van der Waals surface area contributed by atoms with Crippen LogP contribution in [0.15, 0.2) is 18.2 Å². The summed E-state index contributed by atoms with van der Waals surface area (Å²) in [4.78, 5) is 36.0. The average Bonchev–Trinajstić information content (AvgIpc) is 2.48. The van der Waals surface area contributed by atoms with Gasteiger partial charge in [0.1, 0.15) is 11.2 Å². The summed E-state index contributed by atoms with van der Waals surface area (Å²) >= 11 is 0. The molecule has 1 aromatic carbocycles. The normalized spacial score (nSPS) is 10.9. The molecule has 0 fully saturated rings. The number of nitrogens with zero attached hydrogens (tertiary/aromatic N) is 2. The van der Waals surface area contributed by atoms with Crippen molar-refractivity contribution < 1.29 is 19.2 Å². The summed E-state index contributed by atoms with van der Waals surface area (Å²) < 4.78 is 5.23. The largest absolute Gasteiger partial charge is 0.444 e. The van der Waals surface area contributed by atoms with Crippen LogP contribution in [-0.2, 0) is 4.74 Å². The second-order valence-corrected chi connectivity index (χ2v) is 6.74. The van der Waals surface area contributed by atoms with Gasteiger partial charge in [0.25, 0.3) is 11.6 Å². The zero-order valence-electron chi connectivity index (χ0n) is 15.3. The maximum Gasteiger partial charge on any atom is 0.410 e. The molecule has 0 radical (unpaired) electrons. The molecule has 1 N–H and O–H groups in total. The van der Waals surface area contributed by atoms with Gasteiger partial charge in [-0.25, -0.2) is 4.79 Å². The number of carbonyl (C=O) groups excluding carboxylic acids is 2. The summed E-state index contributed by atoms with van der Waals surface area (Å²) in [5.74, 6) is -0.504. The highest BCUT2D eigenvalue weighted by Crippen LogP contribution is 2.22. The monoisotopic (exact) mass is 351 g/mol. The van der Waals surface area contributed by atoms with Crippen molar-refractivity contribution in [2.75, 3.05) is 20.1 Å². The first-order valence-corrected chi connectivity index (χ1v) is 7.99. The Morgan fingerprint density at radius 2 is 1.96 bits per heavy atom. The Labute approximate surface area is 147 Å². The lowest BCUT2D eigenvalue weighted by molar-refractivity contribution is -0.385. The molecule has 138 valence electrons. The third kappa shape index (κ3) is 6.40. The summed E-state index contributed by atoms with van der Waals surface area (Å²) in [6.07, 6.45) is 0.0642. The van der Waals surface area contributed by atoms with Gasteiger partial charge in [0.05, 0.1) is 4.92 Å². The van der Waals surface area contributed by atoms with Crippen LogP contribution in [-0.4, -0.2) is 47.6 Å². The highest BCUT2D eigenvalue weighted by Gasteiger charge is 2.22. The molecule has 8 nitrogen and oxygen atoms in total. The van der Waals surface area contributed by atoms with Gasteiger partial charge in [-0.05, 0) is 40.2 Å². The molecule has 0 aliphatic rings. The third-order valence-corrected chi connectivity index (χ3v) is 3.33. The number of aryl methyl sites for hydroxylation is 1. The predicted molar refractivity (Wildman–Crippen MR) is 93.6 cm³/mol. The fourth-order valence-electron chi connectivity index (χ4n) is 2.13. The molecule has 1 rings (SSSR count). The van der Waals surface area contributed by atoms with E-state index < -0.39 is 22.5 Å². The van der Waals surface area contributed by atoms with Crippen molar-refractivity contribution in [1.29, 1.82) is 0 Å². The van der Waals surface area contributed by atoms with E-state index >= 15 is 0 Å². The van der Waals surface area contributed by atoms with Gasteiger partial charge in [0, 0.05) is 25.7 Å². The van der Waals surface area contributed by atoms with E-state index in [1.165, 1.54) is 11.0 Å². The number of benzene rings is 1. The predicted octanol–water partition coefficient (Wildman–Crippen LogP) is 2.89. The summed E-state index contributed by atoms with van der Waals surface area (Å²) in [6.45, 7) is 7.63. The van der Waals surface area contributed by atoms with Gasteiger partial charge in [-0.1, -0.05) is 12.1 Å².